The van der Waals surface area contributed by atoms with E-state index in [1.807, 2.05) is 11.8 Å². The number of rotatable bonds is 6. The summed E-state index contributed by atoms with van der Waals surface area (Å²) >= 11 is 0. The minimum atomic E-state index is -0.765. The van der Waals surface area contributed by atoms with Crippen molar-refractivity contribution in [1.29, 1.82) is 0 Å². The second kappa shape index (κ2) is 5.29. The van der Waals surface area contributed by atoms with Crippen LogP contribution in [0.2, 0.25) is 0 Å². The van der Waals surface area contributed by atoms with Crippen LogP contribution in [-0.2, 0) is 9.59 Å². The summed E-state index contributed by atoms with van der Waals surface area (Å²) in [5.41, 5.74) is -0.259. The van der Waals surface area contributed by atoms with Crippen LogP contribution in [0.25, 0.3) is 0 Å². The van der Waals surface area contributed by atoms with Gasteiger partial charge in [0, 0.05) is 19.0 Å². The topological polar surface area (TPSA) is 57.6 Å². The molecular formula is C14H23NO3. The fourth-order valence-electron chi connectivity index (χ4n) is 3.31. The van der Waals surface area contributed by atoms with Gasteiger partial charge in [-0.3, -0.25) is 9.59 Å². The van der Waals surface area contributed by atoms with Gasteiger partial charge in [-0.2, -0.15) is 0 Å². The van der Waals surface area contributed by atoms with Gasteiger partial charge in [-0.25, -0.2) is 0 Å². The molecule has 2 aliphatic carbocycles. The molecular weight excluding hydrogens is 230 g/mol. The van der Waals surface area contributed by atoms with Gasteiger partial charge in [0.15, 0.2) is 0 Å². The van der Waals surface area contributed by atoms with E-state index in [-0.39, 0.29) is 17.7 Å². The summed E-state index contributed by atoms with van der Waals surface area (Å²) in [4.78, 5) is 25.3. The summed E-state index contributed by atoms with van der Waals surface area (Å²) in [6.45, 7) is 2.77. The van der Waals surface area contributed by atoms with Crippen molar-refractivity contribution in [2.75, 3.05) is 6.54 Å². The van der Waals surface area contributed by atoms with E-state index in [0.29, 0.717) is 12.5 Å². The van der Waals surface area contributed by atoms with Crippen molar-refractivity contribution in [3.63, 3.8) is 0 Å². The van der Waals surface area contributed by atoms with E-state index >= 15 is 0 Å². The number of carbonyl (C=O) groups excluding carboxylic acids is 1. The first-order valence-corrected chi connectivity index (χ1v) is 7.07. The first-order valence-electron chi connectivity index (χ1n) is 7.07. The lowest BCUT2D eigenvalue weighted by Gasteiger charge is -2.30. The number of hydrogen-bond acceptors (Lipinski definition) is 2. The quantitative estimate of drug-likeness (QED) is 0.791. The van der Waals surface area contributed by atoms with Crippen LogP contribution in [-0.4, -0.2) is 34.5 Å². The maximum Gasteiger partial charge on any atom is 0.303 e. The largest absolute Gasteiger partial charge is 0.481 e. The number of hydrogen-bond donors (Lipinski definition) is 1. The molecule has 0 saturated heterocycles. The van der Waals surface area contributed by atoms with Crippen LogP contribution >= 0.6 is 0 Å². The van der Waals surface area contributed by atoms with Gasteiger partial charge in [-0.15, -0.1) is 0 Å². The predicted molar refractivity (Wildman–Crippen MR) is 68.2 cm³/mol. The third kappa shape index (κ3) is 3.03. The zero-order valence-electron chi connectivity index (χ0n) is 11.2. The second-order valence-corrected chi connectivity index (χ2v) is 5.87. The Kier molecular flexibility index (Phi) is 3.93. The Bertz CT molecular complexity index is 330. The lowest BCUT2D eigenvalue weighted by atomic mass is 9.79. The zero-order chi connectivity index (χ0) is 13.2. The van der Waals surface area contributed by atoms with Gasteiger partial charge in [0.05, 0.1) is 6.42 Å². The Hall–Kier alpha value is -1.06. The highest BCUT2D eigenvalue weighted by molar-refractivity contribution is 5.79. The van der Waals surface area contributed by atoms with Crippen molar-refractivity contribution in [1.82, 2.24) is 4.90 Å². The monoisotopic (exact) mass is 253 g/mol. The maximum atomic E-state index is 12.3. The van der Waals surface area contributed by atoms with Crippen LogP contribution in [0.5, 0.6) is 0 Å². The molecule has 1 N–H and O–H groups in total. The summed E-state index contributed by atoms with van der Waals surface area (Å²) < 4.78 is 0. The third-order valence-corrected chi connectivity index (χ3v) is 4.37. The van der Waals surface area contributed by atoms with Gasteiger partial charge < -0.3 is 10.0 Å². The molecule has 1 amide bonds. The Morgan fingerprint density at radius 2 is 1.83 bits per heavy atom. The van der Waals surface area contributed by atoms with E-state index < -0.39 is 5.97 Å². The fourth-order valence-corrected chi connectivity index (χ4v) is 3.31. The lowest BCUT2D eigenvalue weighted by Crippen LogP contribution is -2.37. The summed E-state index contributed by atoms with van der Waals surface area (Å²) in [7, 11) is 0. The summed E-state index contributed by atoms with van der Waals surface area (Å²) in [6.07, 6.45) is 6.74. The van der Waals surface area contributed by atoms with Crippen molar-refractivity contribution in [2.45, 2.75) is 64.3 Å². The summed E-state index contributed by atoms with van der Waals surface area (Å²) in [5.74, 6) is -0.595. The molecule has 0 aromatic rings. The molecule has 0 unspecified atom stereocenters. The third-order valence-electron chi connectivity index (χ3n) is 4.37. The number of carboxylic acids is 1. The molecule has 0 aromatic carbocycles. The van der Waals surface area contributed by atoms with Gasteiger partial charge in [-0.1, -0.05) is 12.8 Å². The Balaban J connectivity index is 1.99. The SMILES string of the molecule is CCN(C(=O)CC1(CC(=O)O)CCCC1)C1CC1. The van der Waals surface area contributed by atoms with Gasteiger partial charge in [0.2, 0.25) is 5.91 Å². The van der Waals surface area contributed by atoms with Crippen LogP contribution in [0.15, 0.2) is 0 Å². The molecule has 0 radical (unpaired) electrons. The van der Waals surface area contributed by atoms with Crippen molar-refractivity contribution in [2.24, 2.45) is 5.41 Å². The highest BCUT2D eigenvalue weighted by Gasteiger charge is 2.41. The average Bonchev–Trinajstić information content (AvgIpc) is 3.01. The number of aliphatic carboxylic acids is 1. The number of carbonyl (C=O) groups is 2. The fraction of sp³-hybridized carbons (Fsp3) is 0.857. The van der Waals surface area contributed by atoms with Crippen LogP contribution < -0.4 is 0 Å². The molecule has 0 aromatic heterocycles. The zero-order valence-corrected chi connectivity index (χ0v) is 11.2. The first kappa shape index (κ1) is 13.4. The minimum Gasteiger partial charge on any atom is -0.481 e. The lowest BCUT2D eigenvalue weighted by molar-refractivity contribution is -0.141. The molecule has 2 fully saturated rings. The normalized spacial score (nSPS) is 21.8. The molecule has 2 aliphatic rings. The van der Waals surface area contributed by atoms with E-state index in [1.54, 1.807) is 0 Å². The smallest absolute Gasteiger partial charge is 0.303 e. The second-order valence-electron chi connectivity index (χ2n) is 5.87. The van der Waals surface area contributed by atoms with E-state index in [9.17, 15) is 9.59 Å². The van der Waals surface area contributed by atoms with Crippen molar-refractivity contribution < 1.29 is 14.7 Å². The molecule has 0 atom stereocenters. The number of nitrogens with zero attached hydrogens (tertiary/aromatic N) is 1. The number of carboxylic acid groups (broad SMARTS) is 1. The van der Waals surface area contributed by atoms with E-state index in [2.05, 4.69) is 0 Å². The van der Waals surface area contributed by atoms with E-state index in [1.165, 1.54) is 0 Å². The molecule has 2 saturated carbocycles. The predicted octanol–water partition coefficient (Wildman–Crippen LogP) is 2.42. The van der Waals surface area contributed by atoms with Crippen molar-refractivity contribution in [3.8, 4) is 0 Å². The van der Waals surface area contributed by atoms with Gasteiger partial charge in [0.1, 0.15) is 0 Å². The van der Waals surface area contributed by atoms with Crippen molar-refractivity contribution in [3.05, 3.63) is 0 Å². The molecule has 4 nitrogen and oxygen atoms in total. The average molecular weight is 253 g/mol. The summed E-state index contributed by atoms with van der Waals surface area (Å²) in [5, 5.41) is 9.04. The number of amides is 1. The van der Waals surface area contributed by atoms with Crippen molar-refractivity contribution >= 4 is 11.9 Å². The van der Waals surface area contributed by atoms with Gasteiger partial charge in [0.25, 0.3) is 0 Å². The molecule has 0 spiro atoms. The van der Waals surface area contributed by atoms with Gasteiger partial charge >= 0.3 is 5.97 Å². The minimum absolute atomic E-state index is 0.154. The van der Waals surface area contributed by atoms with Gasteiger partial charge in [-0.05, 0) is 38.0 Å². The van der Waals surface area contributed by atoms with Crippen LogP contribution in [0.3, 0.4) is 0 Å². The molecule has 2 rings (SSSR count). The van der Waals surface area contributed by atoms with E-state index in [4.69, 9.17) is 5.11 Å². The maximum absolute atomic E-state index is 12.3. The summed E-state index contributed by atoms with van der Waals surface area (Å²) in [6, 6.07) is 0.436. The van der Waals surface area contributed by atoms with E-state index in [0.717, 1.165) is 45.1 Å². The highest BCUT2D eigenvalue weighted by Crippen LogP contribution is 2.45. The van der Waals surface area contributed by atoms with Crippen LogP contribution in [0.4, 0.5) is 0 Å². The Morgan fingerprint density at radius 1 is 1.22 bits per heavy atom. The Morgan fingerprint density at radius 3 is 2.28 bits per heavy atom. The molecule has 0 heterocycles. The molecule has 4 heteroatoms. The van der Waals surface area contributed by atoms with Crippen LogP contribution in [0.1, 0.15) is 58.3 Å². The molecule has 18 heavy (non-hydrogen) atoms. The molecule has 102 valence electrons. The molecule has 0 aliphatic heterocycles. The standard InChI is InChI=1S/C14H23NO3/c1-2-15(11-5-6-11)12(16)9-14(10-13(17)18)7-3-4-8-14/h11H,2-10H2,1H3,(H,17,18). The highest BCUT2D eigenvalue weighted by atomic mass is 16.4. The Labute approximate surface area is 108 Å². The first-order chi connectivity index (χ1) is 8.56. The van der Waals surface area contributed by atoms with Crippen LogP contribution in [0, 0.1) is 5.41 Å². The molecule has 0 bridgehead atoms.